The smallest absolute Gasteiger partial charge is 0.292 e. The molecular weight excluding hydrogens is 430 g/mol. The molecule has 1 aromatic carbocycles. The standard InChI is InChI=1S/C23H27N3O7/c1-30-20-7-8-23(31-2,33-20)15-24-22(29)21(28)17-13-26(18-6-4-3-5-16(17)18)14-19(27)25-9-11-32-12-10-25/h3-8,13,20H,9-12,14-15H2,1-2H3,(H,24,29). The van der Waals surface area contributed by atoms with E-state index in [-0.39, 0.29) is 24.6 Å². The Morgan fingerprint density at radius 2 is 1.94 bits per heavy atom. The Bertz CT molecular complexity index is 1070. The van der Waals surface area contributed by atoms with Crippen molar-refractivity contribution in [3.05, 3.63) is 48.2 Å². The number of ether oxygens (including phenoxy) is 4. The van der Waals surface area contributed by atoms with Crippen LogP contribution >= 0.6 is 0 Å². The van der Waals surface area contributed by atoms with Crippen LogP contribution in [0.25, 0.3) is 10.9 Å². The van der Waals surface area contributed by atoms with Gasteiger partial charge in [0.2, 0.25) is 11.7 Å². The van der Waals surface area contributed by atoms with E-state index in [4.69, 9.17) is 18.9 Å². The molecule has 4 rings (SSSR count). The molecule has 2 aliphatic heterocycles. The number of fused-ring (bicyclic) bond motifs is 1. The number of aromatic nitrogens is 1. The van der Waals surface area contributed by atoms with Gasteiger partial charge in [-0.3, -0.25) is 14.4 Å². The number of morpholine rings is 1. The minimum absolute atomic E-state index is 0.0672. The van der Waals surface area contributed by atoms with Crippen LogP contribution in [0.3, 0.4) is 0 Å². The number of hydrogen-bond donors (Lipinski definition) is 1. The molecule has 10 nitrogen and oxygen atoms in total. The summed E-state index contributed by atoms with van der Waals surface area (Å²) in [7, 11) is 2.93. The molecule has 2 aromatic rings. The molecule has 3 heterocycles. The number of amides is 2. The second kappa shape index (κ2) is 9.84. The number of nitrogens with zero attached hydrogens (tertiary/aromatic N) is 2. The van der Waals surface area contributed by atoms with E-state index in [0.29, 0.717) is 37.2 Å². The van der Waals surface area contributed by atoms with E-state index in [1.807, 2.05) is 12.1 Å². The van der Waals surface area contributed by atoms with Gasteiger partial charge in [0.1, 0.15) is 6.54 Å². The van der Waals surface area contributed by atoms with Crippen molar-refractivity contribution >= 4 is 28.5 Å². The Labute approximate surface area is 191 Å². The van der Waals surface area contributed by atoms with Gasteiger partial charge in [-0.1, -0.05) is 18.2 Å². The first-order chi connectivity index (χ1) is 16.0. The molecule has 176 valence electrons. The van der Waals surface area contributed by atoms with Gasteiger partial charge in [0.05, 0.1) is 25.3 Å². The highest BCUT2D eigenvalue weighted by Gasteiger charge is 2.37. The number of para-hydroxylation sites is 1. The third kappa shape index (κ3) is 4.83. The number of benzene rings is 1. The molecule has 2 atom stereocenters. The van der Waals surface area contributed by atoms with Gasteiger partial charge < -0.3 is 33.7 Å². The molecule has 2 aliphatic rings. The lowest BCUT2D eigenvalue weighted by Crippen LogP contribution is -2.46. The molecule has 33 heavy (non-hydrogen) atoms. The van der Waals surface area contributed by atoms with Gasteiger partial charge in [0.15, 0.2) is 6.29 Å². The zero-order valence-electron chi connectivity index (χ0n) is 18.6. The third-order valence-electron chi connectivity index (χ3n) is 5.80. The lowest BCUT2D eigenvalue weighted by molar-refractivity contribution is -0.238. The van der Waals surface area contributed by atoms with Gasteiger partial charge in [0.25, 0.3) is 11.7 Å². The lowest BCUT2D eigenvalue weighted by atomic mass is 10.1. The Hall–Kier alpha value is -3.05. The van der Waals surface area contributed by atoms with Gasteiger partial charge in [0, 0.05) is 44.4 Å². The average molecular weight is 457 g/mol. The summed E-state index contributed by atoms with van der Waals surface area (Å²) in [6.45, 7) is 2.09. The Kier molecular flexibility index (Phi) is 6.89. The van der Waals surface area contributed by atoms with Crippen molar-refractivity contribution < 1.29 is 33.3 Å². The quantitative estimate of drug-likeness (QED) is 0.353. The number of methoxy groups -OCH3 is 2. The minimum atomic E-state index is -1.21. The predicted octanol–water partition coefficient (Wildman–Crippen LogP) is 0.701. The molecule has 0 saturated carbocycles. The monoisotopic (exact) mass is 457 g/mol. The topological polar surface area (TPSA) is 108 Å². The number of carbonyl (C=O) groups is 3. The first-order valence-electron chi connectivity index (χ1n) is 10.7. The van der Waals surface area contributed by atoms with E-state index in [0.717, 1.165) is 0 Å². The fourth-order valence-corrected chi connectivity index (χ4v) is 3.94. The summed E-state index contributed by atoms with van der Waals surface area (Å²) < 4.78 is 23.1. The molecule has 0 spiro atoms. The van der Waals surface area contributed by atoms with Crippen LogP contribution in [0.2, 0.25) is 0 Å². The van der Waals surface area contributed by atoms with E-state index in [2.05, 4.69) is 5.32 Å². The molecule has 1 N–H and O–H groups in total. The number of rotatable bonds is 8. The number of Topliss-reactive ketones (excluding diaryl/α,β-unsaturated/α-hetero) is 1. The minimum Gasteiger partial charge on any atom is -0.378 e. The third-order valence-corrected chi connectivity index (χ3v) is 5.80. The number of hydrogen-bond acceptors (Lipinski definition) is 7. The largest absolute Gasteiger partial charge is 0.378 e. The summed E-state index contributed by atoms with van der Waals surface area (Å²) in [4.78, 5) is 40.2. The van der Waals surface area contributed by atoms with E-state index in [1.165, 1.54) is 14.2 Å². The van der Waals surface area contributed by atoms with E-state index in [9.17, 15) is 14.4 Å². The van der Waals surface area contributed by atoms with Gasteiger partial charge >= 0.3 is 0 Å². The van der Waals surface area contributed by atoms with Crippen molar-refractivity contribution in [2.45, 2.75) is 18.6 Å². The van der Waals surface area contributed by atoms with Gasteiger partial charge in [-0.15, -0.1) is 0 Å². The van der Waals surface area contributed by atoms with Crippen LogP contribution in [0.1, 0.15) is 10.4 Å². The molecule has 0 radical (unpaired) electrons. The SMILES string of the molecule is COC1C=CC(CNC(=O)C(=O)c2cn(CC(=O)N3CCOCC3)c3ccccc23)(OC)O1. The van der Waals surface area contributed by atoms with Crippen LogP contribution in [0, 0.1) is 0 Å². The van der Waals surface area contributed by atoms with E-state index >= 15 is 0 Å². The highest BCUT2D eigenvalue weighted by Crippen LogP contribution is 2.25. The molecule has 0 aliphatic carbocycles. The van der Waals surface area contributed by atoms with Crippen molar-refractivity contribution in [3.63, 3.8) is 0 Å². The Balaban J connectivity index is 1.49. The summed E-state index contributed by atoms with van der Waals surface area (Å²) in [5, 5.41) is 3.18. The average Bonchev–Trinajstić information content (AvgIpc) is 3.45. The maximum Gasteiger partial charge on any atom is 0.292 e. The molecule has 1 aromatic heterocycles. The summed E-state index contributed by atoms with van der Waals surface area (Å²) in [6, 6.07) is 7.19. The molecule has 0 bridgehead atoms. The summed E-state index contributed by atoms with van der Waals surface area (Å²) in [5.41, 5.74) is 0.926. The van der Waals surface area contributed by atoms with Gasteiger partial charge in [-0.25, -0.2) is 0 Å². The van der Waals surface area contributed by atoms with Crippen LogP contribution < -0.4 is 5.32 Å². The summed E-state index contributed by atoms with van der Waals surface area (Å²) in [6.07, 6.45) is 4.26. The zero-order chi connectivity index (χ0) is 23.4. The summed E-state index contributed by atoms with van der Waals surface area (Å²) >= 11 is 0. The molecule has 10 heteroatoms. The normalized spacial score (nSPS) is 22.6. The van der Waals surface area contributed by atoms with E-state index < -0.39 is 23.8 Å². The highest BCUT2D eigenvalue weighted by atomic mass is 16.8. The Morgan fingerprint density at radius 3 is 2.64 bits per heavy atom. The first-order valence-corrected chi connectivity index (χ1v) is 10.7. The fourth-order valence-electron chi connectivity index (χ4n) is 3.94. The van der Waals surface area contributed by atoms with Crippen molar-refractivity contribution in [1.29, 1.82) is 0 Å². The fraction of sp³-hybridized carbons (Fsp3) is 0.435. The lowest BCUT2D eigenvalue weighted by Gasteiger charge is -2.27. The first kappa shape index (κ1) is 23.1. The second-order valence-corrected chi connectivity index (χ2v) is 7.79. The van der Waals surface area contributed by atoms with Crippen LogP contribution in [0.5, 0.6) is 0 Å². The second-order valence-electron chi connectivity index (χ2n) is 7.79. The molecule has 2 unspecified atom stereocenters. The maximum absolute atomic E-state index is 13.0. The van der Waals surface area contributed by atoms with Crippen LogP contribution in [0.15, 0.2) is 42.6 Å². The van der Waals surface area contributed by atoms with Gasteiger partial charge in [-0.2, -0.15) is 0 Å². The zero-order valence-corrected chi connectivity index (χ0v) is 18.6. The van der Waals surface area contributed by atoms with Crippen molar-refractivity contribution in [3.8, 4) is 0 Å². The molecule has 1 saturated heterocycles. The molecule has 2 amide bonds. The molecule has 1 fully saturated rings. The van der Waals surface area contributed by atoms with E-state index in [1.54, 1.807) is 39.9 Å². The maximum atomic E-state index is 13.0. The van der Waals surface area contributed by atoms with Crippen LogP contribution in [-0.2, 0) is 35.1 Å². The number of ketones is 1. The Morgan fingerprint density at radius 1 is 1.18 bits per heavy atom. The molecular formula is C23H27N3O7. The van der Waals surface area contributed by atoms with Crippen molar-refractivity contribution in [2.75, 3.05) is 47.1 Å². The van der Waals surface area contributed by atoms with Crippen molar-refractivity contribution in [2.24, 2.45) is 0 Å². The number of carbonyl (C=O) groups excluding carboxylic acids is 3. The van der Waals surface area contributed by atoms with Crippen molar-refractivity contribution in [1.82, 2.24) is 14.8 Å². The number of nitrogens with one attached hydrogen (secondary N) is 1. The highest BCUT2D eigenvalue weighted by molar-refractivity contribution is 6.45. The predicted molar refractivity (Wildman–Crippen MR) is 117 cm³/mol. The summed E-state index contributed by atoms with van der Waals surface area (Å²) in [5.74, 6) is -2.79. The van der Waals surface area contributed by atoms with Crippen LogP contribution in [0.4, 0.5) is 0 Å². The van der Waals surface area contributed by atoms with Gasteiger partial charge in [-0.05, 0) is 18.2 Å². The van der Waals surface area contributed by atoms with Crippen LogP contribution in [-0.4, -0.2) is 86.2 Å².